The predicted molar refractivity (Wildman–Crippen MR) is 79.0 cm³/mol. The first kappa shape index (κ1) is 15.0. The molecule has 1 amide bonds. The molecule has 1 aromatic carbocycles. The summed E-state index contributed by atoms with van der Waals surface area (Å²) < 4.78 is 13.9. The first-order valence-corrected chi connectivity index (χ1v) is 7.33. The van der Waals surface area contributed by atoms with Crippen LogP contribution in [0, 0.1) is 11.2 Å². The Hall–Kier alpha value is -1.42. The van der Waals surface area contributed by atoms with E-state index in [0.717, 1.165) is 38.5 Å². The number of para-hydroxylation sites is 1. The summed E-state index contributed by atoms with van der Waals surface area (Å²) in [6.07, 6.45) is 5.96. The van der Waals surface area contributed by atoms with Gasteiger partial charge in [-0.2, -0.15) is 0 Å². The predicted octanol–water partition coefficient (Wildman–Crippen LogP) is 3.09. The van der Waals surface area contributed by atoms with E-state index < -0.39 is 5.41 Å². The molecule has 0 atom stereocenters. The van der Waals surface area contributed by atoms with Gasteiger partial charge in [-0.15, -0.1) is 0 Å². The Morgan fingerprint density at radius 1 is 1.25 bits per heavy atom. The number of hydrogen-bond donors (Lipinski definition) is 1. The molecule has 1 fully saturated rings. The van der Waals surface area contributed by atoms with Gasteiger partial charge >= 0.3 is 0 Å². The Morgan fingerprint density at radius 2 is 1.85 bits per heavy atom. The fourth-order valence-electron chi connectivity index (χ4n) is 3.10. The van der Waals surface area contributed by atoms with Crippen molar-refractivity contribution in [1.29, 1.82) is 0 Å². The van der Waals surface area contributed by atoms with E-state index in [4.69, 9.17) is 5.73 Å². The minimum absolute atomic E-state index is 0.0491. The smallest absolute Gasteiger partial charge is 0.234 e. The fraction of sp³-hybridized carbons (Fsp3) is 0.562. The number of rotatable bonds is 3. The van der Waals surface area contributed by atoms with Gasteiger partial charge in [0.15, 0.2) is 0 Å². The SMILES string of the molecule is CN(C(=O)C1(CN)CCCCCC1)c1ccccc1F. The Morgan fingerprint density at radius 3 is 2.40 bits per heavy atom. The number of benzene rings is 1. The maximum atomic E-state index is 13.9. The van der Waals surface area contributed by atoms with Crippen molar-refractivity contribution in [3.05, 3.63) is 30.1 Å². The molecule has 2 rings (SSSR count). The highest BCUT2D eigenvalue weighted by Gasteiger charge is 2.39. The number of hydrogen-bond acceptors (Lipinski definition) is 2. The van der Waals surface area contributed by atoms with E-state index in [2.05, 4.69) is 0 Å². The zero-order valence-electron chi connectivity index (χ0n) is 12.1. The fourth-order valence-corrected chi connectivity index (χ4v) is 3.10. The second-order valence-electron chi connectivity index (χ2n) is 5.71. The molecule has 0 heterocycles. The molecule has 0 spiro atoms. The molecule has 1 aliphatic carbocycles. The largest absolute Gasteiger partial charge is 0.329 e. The lowest BCUT2D eigenvalue weighted by atomic mass is 9.79. The van der Waals surface area contributed by atoms with Gasteiger partial charge in [-0.1, -0.05) is 37.8 Å². The van der Waals surface area contributed by atoms with Crippen molar-refractivity contribution in [2.75, 3.05) is 18.5 Å². The van der Waals surface area contributed by atoms with Gasteiger partial charge in [0.25, 0.3) is 0 Å². The number of amides is 1. The van der Waals surface area contributed by atoms with E-state index in [9.17, 15) is 9.18 Å². The number of carbonyl (C=O) groups excluding carboxylic acids is 1. The molecule has 110 valence electrons. The summed E-state index contributed by atoms with van der Waals surface area (Å²) in [4.78, 5) is 14.3. The van der Waals surface area contributed by atoms with Crippen molar-refractivity contribution >= 4 is 11.6 Å². The second kappa shape index (κ2) is 6.35. The maximum absolute atomic E-state index is 13.9. The molecule has 1 saturated carbocycles. The van der Waals surface area contributed by atoms with Gasteiger partial charge in [0, 0.05) is 13.6 Å². The van der Waals surface area contributed by atoms with Crippen molar-refractivity contribution in [1.82, 2.24) is 0 Å². The molecular weight excluding hydrogens is 255 g/mol. The molecule has 0 aliphatic heterocycles. The quantitative estimate of drug-likeness (QED) is 0.864. The lowest BCUT2D eigenvalue weighted by Gasteiger charge is -2.34. The average Bonchev–Trinajstić information content (AvgIpc) is 2.72. The van der Waals surface area contributed by atoms with E-state index in [1.807, 2.05) is 0 Å². The molecule has 0 saturated heterocycles. The van der Waals surface area contributed by atoms with Crippen LogP contribution in [0.1, 0.15) is 38.5 Å². The number of halogens is 1. The van der Waals surface area contributed by atoms with Crippen LogP contribution in [0.4, 0.5) is 10.1 Å². The first-order valence-electron chi connectivity index (χ1n) is 7.33. The molecule has 2 N–H and O–H groups in total. The van der Waals surface area contributed by atoms with Gasteiger partial charge in [-0.25, -0.2) is 4.39 Å². The van der Waals surface area contributed by atoms with Crippen molar-refractivity contribution in [2.45, 2.75) is 38.5 Å². The maximum Gasteiger partial charge on any atom is 0.234 e. The average molecular weight is 278 g/mol. The third-order valence-corrected chi connectivity index (χ3v) is 4.42. The van der Waals surface area contributed by atoms with E-state index in [1.165, 1.54) is 11.0 Å². The zero-order chi connectivity index (χ0) is 14.6. The molecule has 0 radical (unpaired) electrons. The normalized spacial score (nSPS) is 18.4. The van der Waals surface area contributed by atoms with Gasteiger partial charge in [-0.05, 0) is 25.0 Å². The minimum Gasteiger partial charge on any atom is -0.329 e. The van der Waals surface area contributed by atoms with Gasteiger partial charge in [-0.3, -0.25) is 4.79 Å². The van der Waals surface area contributed by atoms with Gasteiger partial charge in [0.05, 0.1) is 11.1 Å². The van der Waals surface area contributed by atoms with Gasteiger partial charge < -0.3 is 10.6 Å². The van der Waals surface area contributed by atoms with Crippen LogP contribution >= 0.6 is 0 Å². The summed E-state index contributed by atoms with van der Waals surface area (Å²) >= 11 is 0. The van der Waals surface area contributed by atoms with Crippen molar-refractivity contribution in [3.8, 4) is 0 Å². The third kappa shape index (κ3) is 2.85. The lowest BCUT2D eigenvalue weighted by molar-refractivity contribution is -0.128. The van der Waals surface area contributed by atoms with Crippen molar-refractivity contribution in [2.24, 2.45) is 11.1 Å². The molecule has 1 aromatic rings. The highest BCUT2D eigenvalue weighted by molar-refractivity contribution is 5.97. The topological polar surface area (TPSA) is 46.3 Å². The summed E-state index contributed by atoms with van der Waals surface area (Å²) in [5, 5.41) is 0. The van der Waals surface area contributed by atoms with Crippen LogP contribution < -0.4 is 10.6 Å². The van der Waals surface area contributed by atoms with Crippen LogP contribution in [-0.2, 0) is 4.79 Å². The molecule has 3 nitrogen and oxygen atoms in total. The van der Waals surface area contributed by atoms with Crippen LogP contribution in [0.2, 0.25) is 0 Å². The molecule has 4 heteroatoms. The summed E-state index contributed by atoms with van der Waals surface area (Å²) in [5.41, 5.74) is 5.73. The third-order valence-electron chi connectivity index (χ3n) is 4.42. The first-order chi connectivity index (χ1) is 9.60. The monoisotopic (exact) mass is 278 g/mol. The summed E-state index contributed by atoms with van der Waals surface area (Å²) in [6, 6.07) is 6.38. The summed E-state index contributed by atoms with van der Waals surface area (Å²) in [6.45, 7) is 0.338. The number of nitrogens with two attached hydrogens (primary N) is 1. The van der Waals surface area contributed by atoms with E-state index in [0.29, 0.717) is 12.2 Å². The zero-order valence-corrected chi connectivity index (χ0v) is 12.1. The van der Waals surface area contributed by atoms with Gasteiger partial charge in [0.1, 0.15) is 5.82 Å². The molecular formula is C16H23FN2O. The number of carbonyl (C=O) groups is 1. The summed E-state index contributed by atoms with van der Waals surface area (Å²) in [7, 11) is 1.64. The number of nitrogens with zero attached hydrogens (tertiary/aromatic N) is 1. The Bertz CT molecular complexity index is 467. The van der Waals surface area contributed by atoms with Crippen molar-refractivity contribution in [3.63, 3.8) is 0 Å². The second-order valence-corrected chi connectivity index (χ2v) is 5.71. The standard InChI is InChI=1S/C16H23FN2O/c1-19(14-9-5-4-8-13(14)17)15(20)16(12-18)10-6-2-3-7-11-16/h4-5,8-9H,2-3,6-7,10-12,18H2,1H3. The van der Waals surface area contributed by atoms with Crippen LogP contribution in [0.5, 0.6) is 0 Å². The van der Waals surface area contributed by atoms with E-state index in [-0.39, 0.29) is 11.7 Å². The van der Waals surface area contributed by atoms with Gasteiger partial charge in [0.2, 0.25) is 5.91 Å². The van der Waals surface area contributed by atoms with Crippen molar-refractivity contribution < 1.29 is 9.18 Å². The Labute approximate surface area is 120 Å². The van der Waals surface area contributed by atoms with Crippen LogP contribution in [0.15, 0.2) is 24.3 Å². The van der Waals surface area contributed by atoms with E-state index >= 15 is 0 Å². The Kier molecular flexibility index (Phi) is 4.76. The highest BCUT2D eigenvalue weighted by atomic mass is 19.1. The lowest BCUT2D eigenvalue weighted by Crippen LogP contribution is -2.47. The minimum atomic E-state index is -0.520. The molecule has 0 aromatic heterocycles. The highest BCUT2D eigenvalue weighted by Crippen LogP contribution is 2.37. The Balaban J connectivity index is 2.26. The molecule has 1 aliphatic rings. The molecule has 20 heavy (non-hydrogen) atoms. The summed E-state index contributed by atoms with van der Waals surface area (Å²) in [5.74, 6) is -0.420. The molecule has 0 bridgehead atoms. The van der Waals surface area contributed by atoms with Crippen LogP contribution in [0.25, 0.3) is 0 Å². The molecule has 0 unspecified atom stereocenters. The van der Waals surface area contributed by atoms with Crippen LogP contribution in [0.3, 0.4) is 0 Å². The van der Waals surface area contributed by atoms with Crippen LogP contribution in [-0.4, -0.2) is 19.5 Å². The van der Waals surface area contributed by atoms with E-state index in [1.54, 1.807) is 25.2 Å². The number of anilines is 1.